The maximum absolute atomic E-state index is 12.0. The predicted octanol–water partition coefficient (Wildman–Crippen LogP) is 3.79. The standard InChI is InChI=1S/C11H9F3O2S/c1-7(10(15)16)6-8-2-4-9(5-3-8)17-11(12,13)14/h2-6H,1H3,(H,15,16). The lowest BCUT2D eigenvalue weighted by Crippen LogP contribution is -1.98. The molecule has 0 aliphatic rings. The van der Waals surface area contributed by atoms with E-state index in [9.17, 15) is 18.0 Å². The average Bonchev–Trinajstić information content (AvgIpc) is 2.18. The minimum Gasteiger partial charge on any atom is -0.478 e. The molecule has 0 bridgehead atoms. The summed E-state index contributed by atoms with van der Waals surface area (Å²) in [4.78, 5) is 10.6. The van der Waals surface area contributed by atoms with Crippen molar-refractivity contribution in [2.45, 2.75) is 17.3 Å². The van der Waals surface area contributed by atoms with E-state index in [1.165, 1.54) is 37.3 Å². The molecule has 17 heavy (non-hydrogen) atoms. The maximum Gasteiger partial charge on any atom is 0.446 e. The second-order valence-electron chi connectivity index (χ2n) is 3.25. The van der Waals surface area contributed by atoms with Crippen LogP contribution in [0, 0.1) is 0 Å². The van der Waals surface area contributed by atoms with Gasteiger partial charge >= 0.3 is 11.5 Å². The average molecular weight is 262 g/mol. The summed E-state index contributed by atoms with van der Waals surface area (Å²) in [6, 6.07) is 5.50. The third-order valence-electron chi connectivity index (χ3n) is 1.83. The van der Waals surface area contributed by atoms with E-state index in [1.54, 1.807) is 0 Å². The van der Waals surface area contributed by atoms with Gasteiger partial charge in [0.05, 0.1) is 0 Å². The Bertz CT molecular complexity index is 435. The van der Waals surface area contributed by atoms with Crippen LogP contribution in [0.4, 0.5) is 13.2 Å². The molecule has 0 spiro atoms. The SMILES string of the molecule is CC(=Cc1ccc(SC(F)(F)F)cc1)C(=O)O. The number of aliphatic carboxylic acids is 1. The lowest BCUT2D eigenvalue weighted by molar-refractivity contribution is -0.132. The predicted molar refractivity (Wildman–Crippen MR) is 59.6 cm³/mol. The Morgan fingerprint density at radius 1 is 1.29 bits per heavy atom. The number of carboxylic acids is 1. The molecule has 1 aromatic rings. The highest BCUT2D eigenvalue weighted by atomic mass is 32.2. The van der Waals surface area contributed by atoms with Crippen LogP contribution in [-0.2, 0) is 4.79 Å². The number of benzene rings is 1. The Labute approximate surface area is 100 Å². The number of halogens is 3. The van der Waals surface area contributed by atoms with Crippen LogP contribution in [0.15, 0.2) is 34.7 Å². The van der Waals surface area contributed by atoms with Crippen molar-refractivity contribution < 1.29 is 23.1 Å². The molecule has 0 radical (unpaired) electrons. The van der Waals surface area contributed by atoms with Gasteiger partial charge in [-0.25, -0.2) is 4.79 Å². The van der Waals surface area contributed by atoms with Crippen molar-refractivity contribution in [3.05, 3.63) is 35.4 Å². The first kappa shape index (κ1) is 13.6. The van der Waals surface area contributed by atoms with Crippen LogP contribution < -0.4 is 0 Å². The molecule has 0 saturated carbocycles. The number of hydrogen-bond acceptors (Lipinski definition) is 2. The van der Waals surface area contributed by atoms with Crippen LogP contribution in [0.3, 0.4) is 0 Å². The first-order valence-electron chi connectivity index (χ1n) is 4.55. The highest BCUT2D eigenvalue weighted by Crippen LogP contribution is 2.36. The van der Waals surface area contributed by atoms with Crippen LogP contribution in [-0.4, -0.2) is 16.6 Å². The van der Waals surface area contributed by atoms with Gasteiger partial charge in [0.25, 0.3) is 0 Å². The van der Waals surface area contributed by atoms with E-state index in [-0.39, 0.29) is 22.2 Å². The van der Waals surface area contributed by atoms with Crippen molar-refractivity contribution in [2.75, 3.05) is 0 Å². The van der Waals surface area contributed by atoms with Crippen LogP contribution in [0.2, 0.25) is 0 Å². The van der Waals surface area contributed by atoms with Gasteiger partial charge in [-0.2, -0.15) is 13.2 Å². The van der Waals surface area contributed by atoms with E-state index in [1.807, 2.05) is 0 Å². The zero-order chi connectivity index (χ0) is 13.1. The molecule has 6 heteroatoms. The van der Waals surface area contributed by atoms with Crippen LogP contribution in [0.5, 0.6) is 0 Å². The second-order valence-corrected chi connectivity index (χ2v) is 4.39. The first-order chi connectivity index (χ1) is 7.78. The molecule has 0 aliphatic carbocycles. The Morgan fingerprint density at radius 2 is 1.82 bits per heavy atom. The van der Waals surface area contributed by atoms with Crippen LogP contribution in [0.1, 0.15) is 12.5 Å². The number of carboxylic acid groups (broad SMARTS) is 1. The minimum absolute atomic E-state index is 0.0719. The summed E-state index contributed by atoms with van der Waals surface area (Å²) in [7, 11) is 0. The Kier molecular flexibility index (Phi) is 4.22. The van der Waals surface area contributed by atoms with Gasteiger partial charge in [-0.15, -0.1) is 0 Å². The third kappa shape index (κ3) is 4.95. The normalized spacial score (nSPS) is 12.6. The van der Waals surface area contributed by atoms with Gasteiger partial charge in [-0.3, -0.25) is 0 Å². The summed E-state index contributed by atoms with van der Waals surface area (Å²) >= 11 is -0.202. The number of rotatable bonds is 3. The van der Waals surface area contributed by atoms with Gasteiger partial charge < -0.3 is 5.11 Å². The quantitative estimate of drug-likeness (QED) is 0.665. The highest BCUT2D eigenvalue weighted by molar-refractivity contribution is 8.00. The number of thioether (sulfide) groups is 1. The number of carbonyl (C=O) groups is 1. The molecule has 0 unspecified atom stereocenters. The Balaban J connectivity index is 2.82. The molecule has 92 valence electrons. The lowest BCUT2D eigenvalue weighted by atomic mass is 10.1. The third-order valence-corrected chi connectivity index (χ3v) is 2.57. The van der Waals surface area contributed by atoms with Crippen molar-refractivity contribution in [1.82, 2.24) is 0 Å². The van der Waals surface area contributed by atoms with Gasteiger partial charge in [-0.1, -0.05) is 12.1 Å². The summed E-state index contributed by atoms with van der Waals surface area (Å²) in [6.07, 6.45) is 1.39. The van der Waals surface area contributed by atoms with Gasteiger partial charge in [0.1, 0.15) is 0 Å². The van der Waals surface area contributed by atoms with Gasteiger partial charge in [0, 0.05) is 10.5 Å². The van der Waals surface area contributed by atoms with Gasteiger partial charge in [0.15, 0.2) is 0 Å². The van der Waals surface area contributed by atoms with Crippen molar-refractivity contribution >= 4 is 23.8 Å². The fraction of sp³-hybridized carbons (Fsp3) is 0.182. The van der Waals surface area contributed by atoms with E-state index in [0.29, 0.717) is 5.56 Å². The molecule has 0 heterocycles. The molecule has 1 rings (SSSR count). The lowest BCUT2D eigenvalue weighted by Gasteiger charge is -2.05. The molecule has 1 N–H and O–H groups in total. The molecule has 2 nitrogen and oxygen atoms in total. The van der Waals surface area contributed by atoms with E-state index in [2.05, 4.69) is 0 Å². The summed E-state index contributed by atoms with van der Waals surface area (Å²) in [5, 5.41) is 8.63. The van der Waals surface area contributed by atoms with E-state index in [0.717, 1.165) is 0 Å². The fourth-order valence-electron chi connectivity index (χ4n) is 1.08. The maximum atomic E-state index is 12.0. The molecule has 0 amide bonds. The van der Waals surface area contributed by atoms with Gasteiger partial charge in [0.2, 0.25) is 0 Å². The molecular formula is C11H9F3O2S. The fourth-order valence-corrected chi connectivity index (χ4v) is 1.62. The largest absolute Gasteiger partial charge is 0.478 e. The van der Waals surface area contributed by atoms with E-state index in [4.69, 9.17) is 5.11 Å². The monoisotopic (exact) mass is 262 g/mol. The van der Waals surface area contributed by atoms with Crippen LogP contribution in [0.25, 0.3) is 6.08 Å². The Hall–Kier alpha value is -1.43. The molecule has 0 saturated heterocycles. The van der Waals surface area contributed by atoms with Crippen molar-refractivity contribution in [3.63, 3.8) is 0 Å². The topological polar surface area (TPSA) is 37.3 Å². The summed E-state index contributed by atoms with van der Waals surface area (Å²) in [6.45, 7) is 1.42. The van der Waals surface area contributed by atoms with E-state index >= 15 is 0 Å². The minimum atomic E-state index is -4.31. The molecular weight excluding hydrogens is 253 g/mol. The zero-order valence-electron chi connectivity index (χ0n) is 8.78. The van der Waals surface area contributed by atoms with Crippen molar-refractivity contribution in [3.8, 4) is 0 Å². The number of hydrogen-bond donors (Lipinski definition) is 1. The zero-order valence-corrected chi connectivity index (χ0v) is 9.60. The van der Waals surface area contributed by atoms with Crippen molar-refractivity contribution in [1.29, 1.82) is 0 Å². The first-order valence-corrected chi connectivity index (χ1v) is 5.37. The van der Waals surface area contributed by atoms with Gasteiger partial charge in [-0.05, 0) is 42.5 Å². The molecule has 0 aliphatic heterocycles. The molecule has 0 fully saturated rings. The molecule has 0 atom stereocenters. The number of alkyl halides is 3. The highest BCUT2D eigenvalue weighted by Gasteiger charge is 2.28. The Morgan fingerprint density at radius 3 is 2.24 bits per heavy atom. The summed E-state index contributed by atoms with van der Waals surface area (Å²) < 4.78 is 36.1. The smallest absolute Gasteiger partial charge is 0.446 e. The summed E-state index contributed by atoms with van der Waals surface area (Å²) in [5.74, 6) is -1.06. The summed E-state index contributed by atoms with van der Waals surface area (Å²) in [5.41, 5.74) is -3.63. The molecule has 1 aromatic carbocycles. The van der Waals surface area contributed by atoms with Crippen molar-refractivity contribution in [2.24, 2.45) is 0 Å². The van der Waals surface area contributed by atoms with Crippen LogP contribution >= 0.6 is 11.8 Å². The van der Waals surface area contributed by atoms with E-state index < -0.39 is 11.5 Å². The second kappa shape index (κ2) is 5.27. The molecule has 0 aromatic heterocycles.